The lowest BCUT2D eigenvalue weighted by Gasteiger charge is -2.17. The Bertz CT molecular complexity index is 1060. The molecule has 0 bridgehead atoms. The lowest BCUT2D eigenvalue weighted by atomic mass is 9.99. The number of aromatic nitrogens is 2. The van der Waals surface area contributed by atoms with Crippen LogP contribution in [0.5, 0.6) is 0 Å². The van der Waals surface area contributed by atoms with Crippen molar-refractivity contribution in [1.82, 2.24) is 9.97 Å². The van der Waals surface area contributed by atoms with Gasteiger partial charge < -0.3 is 15.8 Å². The van der Waals surface area contributed by atoms with Gasteiger partial charge in [0.2, 0.25) is 0 Å². The molecule has 0 saturated heterocycles. The minimum Gasteiger partial charge on any atom is -0.465 e. The molecule has 0 aliphatic heterocycles. The van der Waals surface area contributed by atoms with E-state index < -0.39 is 8.80 Å². The first kappa shape index (κ1) is 28.9. The molecule has 2 aliphatic rings. The Morgan fingerprint density at radius 3 is 2.55 bits per heavy atom. The standard InChI is InChI=1S/C30H46N4O2SSi/c1-4-21(20-36-26(35)15-19-37-24-13-17-32-29(31)27(24)22-9-10-22)8-6-5-7-16-33-30-28(23-11-12-23)25(38(2)3)14-18-34-30/h13-14,17-18,21-23,38H,4-12,15-16,19-20H2,1-3H3,(H2,31,32)(H,33,34). The number of carbonyl (C=O) groups is 1. The van der Waals surface area contributed by atoms with E-state index in [1.807, 2.05) is 12.3 Å². The zero-order chi connectivity index (χ0) is 26.9. The fraction of sp³-hybridized carbons (Fsp3) is 0.633. The number of hydrogen-bond donors (Lipinski definition) is 2. The summed E-state index contributed by atoms with van der Waals surface area (Å²) in [5, 5.41) is 5.24. The Morgan fingerprint density at radius 2 is 1.84 bits per heavy atom. The molecule has 1 unspecified atom stereocenters. The van der Waals surface area contributed by atoms with E-state index in [0.717, 1.165) is 37.5 Å². The zero-order valence-corrected chi connectivity index (χ0v) is 25.5. The Morgan fingerprint density at radius 1 is 1.11 bits per heavy atom. The summed E-state index contributed by atoms with van der Waals surface area (Å²) < 4.78 is 5.65. The van der Waals surface area contributed by atoms with Gasteiger partial charge in [0, 0.05) is 35.2 Å². The molecule has 3 N–H and O–H groups in total. The Balaban J connectivity index is 1.09. The predicted octanol–water partition coefficient (Wildman–Crippen LogP) is 6.23. The van der Waals surface area contributed by atoms with Crippen LogP contribution in [0.3, 0.4) is 0 Å². The minimum absolute atomic E-state index is 0.0965. The molecule has 2 aromatic rings. The van der Waals surface area contributed by atoms with Crippen molar-refractivity contribution in [2.24, 2.45) is 5.92 Å². The highest BCUT2D eigenvalue weighted by atomic mass is 32.2. The maximum atomic E-state index is 12.4. The van der Waals surface area contributed by atoms with Crippen LogP contribution < -0.4 is 16.2 Å². The van der Waals surface area contributed by atoms with Crippen LogP contribution in [0.4, 0.5) is 11.6 Å². The van der Waals surface area contributed by atoms with Crippen LogP contribution in [-0.4, -0.2) is 43.6 Å². The molecule has 208 valence electrons. The van der Waals surface area contributed by atoms with E-state index in [1.54, 1.807) is 23.1 Å². The van der Waals surface area contributed by atoms with Gasteiger partial charge in [-0.25, -0.2) is 9.97 Å². The van der Waals surface area contributed by atoms with Gasteiger partial charge in [0.15, 0.2) is 0 Å². The number of carbonyl (C=O) groups excluding carboxylic acids is 1. The number of pyridine rings is 2. The van der Waals surface area contributed by atoms with Crippen molar-refractivity contribution < 1.29 is 9.53 Å². The molecule has 0 radical (unpaired) electrons. The molecule has 2 fully saturated rings. The zero-order valence-electron chi connectivity index (χ0n) is 23.5. The van der Waals surface area contributed by atoms with Crippen LogP contribution in [-0.2, 0) is 9.53 Å². The van der Waals surface area contributed by atoms with Gasteiger partial charge in [-0.05, 0) is 74.0 Å². The van der Waals surface area contributed by atoms with Gasteiger partial charge >= 0.3 is 5.97 Å². The third-order valence-electron chi connectivity index (χ3n) is 7.80. The quantitative estimate of drug-likeness (QED) is 0.104. The summed E-state index contributed by atoms with van der Waals surface area (Å²) in [4.78, 5) is 22.5. The van der Waals surface area contributed by atoms with Gasteiger partial charge in [0.1, 0.15) is 11.6 Å². The van der Waals surface area contributed by atoms with Gasteiger partial charge in [-0.15, -0.1) is 11.8 Å². The molecular formula is C30H46N4O2SSi. The van der Waals surface area contributed by atoms with Crippen molar-refractivity contribution in [2.45, 2.75) is 101 Å². The highest BCUT2D eigenvalue weighted by Gasteiger charge is 2.30. The summed E-state index contributed by atoms with van der Waals surface area (Å²) in [6.07, 6.45) is 14.8. The van der Waals surface area contributed by atoms with E-state index >= 15 is 0 Å². The summed E-state index contributed by atoms with van der Waals surface area (Å²) >= 11 is 1.70. The third-order valence-corrected chi connectivity index (χ3v) is 10.6. The van der Waals surface area contributed by atoms with Gasteiger partial charge in [-0.2, -0.15) is 0 Å². The largest absolute Gasteiger partial charge is 0.465 e. The van der Waals surface area contributed by atoms with Gasteiger partial charge in [-0.1, -0.05) is 44.5 Å². The first-order valence-corrected chi connectivity index (χ1v) is 18.6. The number of thioether (sulfide) groups is 1. The highest BCUT2D eigenvalue weighted by Crippen LogP contribution is 2.46. The molecular weight excluding hydrogens is 509 g/mol. The first-order chi connectivity index (χ1) is 18.5. The van der Waals surface area contributed by atoms with Crippen molar-refractivity contribution >= 4 is 43.4 Å². The fourth-order valence-corrected chi connectivity index (χ4v) is 7.72. The summed E-state index contributed by atoms with van der Waals surface area (Å²) in [6, 6.07) is 4.28. The van der Waals surface area contributed by atoms with Crippen LogP contribution in [0, 0.1) is 5.92 Å². The summed E-state index contributed by atoms with van der Waals surface area (Å²) in [7, 11) is -0.845. The van der Waals surface area contributed by atoms with Crippen LogP contribution in [0.15, 0.2) is 29.4 Å². The van der Waals surface area contributed by atoms with Gasteiger partial charge in [0.25, 0.3) is 0 Å². The number of ether oxygens (including phenoxy) is 1. The maximum absolute atomic E-state index is 12.4. The van der Waals surface area contributed by atoms with Gasteiger partial charge in [0.05, 0.1) is 21.8 Å². The molecule has 38 heavy (non-hydrogen) atoms. The van der Waals surface area contributed by atoms with E-state index in [4.69, 9.17) is 15.5 Å². The fourth-order valence-electron chi connectivity index (χ4n) is 5.19. The van der Waals surface area contributed by atoms with E-state index in [-0.39, 0.29) is 5.97 Å². The van der Waals surface area contributed by atoms with Crippen LogP contribution in [0.2, 0.25) is 13.1 Å². The average Bonchev–Trinajstić information content (AvgIpc) is 3.82. The third kappa shape index (κ3) is 8.47. The Labute approximate surface area is 234 Å². The Kier molecular flexibility index (Phi) is 10.9. The monoisotopic (exact) mass is 554 g/mol. The van der Waals surface area contributed by atoms with Crippen molar-refractivity contribution in [3.8, 4) is 0 Å². The van der Waals surface area contributed by atoms with Crippen molar-refractivity contribution in [1.29, 1.82) is 0 Å². The molecule has 1 atom stereocenters. The maximum Gasteiger partial charge on any atom is 0.306 e. The van der Waals surface area contributed by atoms with E-state index in [2.05, 4.69) is 36.4 Å². The van der Waals surface area contributed by atoms with Crippen molar-refractivity contribution in [3.63, 3.8) is 0 Å². The average molecular weight is 555 g/mol. The number of nitrogens with zero attached hydrogens (tertiary/aromatic N) is 2. The molecule has 2 aromatic heterocycles. The molecule has 2 aliphatic carbocycles. The van der Waals surface area contributed by atoms with Gasteiger partial charge in [-0.3, -0.25) is 4.79 Å². The molecule has 0 aromatic carbocycles. The lowest BCUT2D eigenvalue weighted by molar-refractivity contribution is -0.144. The Hall–Kier alpha value is -2.06. The van der Waals surface area contributed by atoms with Crippen LogP contribution >= 0.6 is 11.8 Å². The normalized spacial score (nSPS) is 16.0. The smallest absolute Gasteiger partial charge is 0.306 e. The number of unbranched alkanes of at least 4 members (excludes halogenated alkanes) is 2. The van der Waals surface area contributed by atoms with E-state index in [0.29, 0.717) is 36.4 Å². The number of rotatable bonds is 17. The van der Waals surface area contributed by atoms with Crippen molar-refractivity contribution in [2.75, 3.05) is 30.0 Å². The summed E-state index contributed by atoms with van der Waals surface area (Å²) in [5.74, 6) is 4.12. The molecule has 0 amide bonds. The SMILES string of the molecule is CCC(CCCCCNc1nccc([SiH](C)C)c1C1CC1)COC(=O)CCSc1ccnc(N)c1C1CC1. The van der Waals surface area contributed by atoms with E-state index in [9.17, 15) is 4.79 Å². The summed E-state index contributed by atoms with van der Waals surface area (Å²) in [5.41, 5.74) is 8.80. The minimum atomic E-state index is -0.845. The second-order valence-corrected chi connectivity index (χ2v) is 15.4. The molecule has 6 nitrogen and oxygen atoms in total. The molecule has 2 saturated carbocycles. The van der Waals surface area contributed by atoms with Crippen LogP contribution in [0.25, 0.3) is 0 Å². The number of nitrogens with two attached hydrogens (primary N) is 1. The van der Waals surface area contributed by atoms with Crippen LogP contribution in [0.1, 0.15) is 94.1 Å². The number of nitrogen functional groups attached to an aromatic ring is 1. The molecule has 2 heterocycles. The molecule has 8 heteroatoms. The predicted molar refractivity (Wildman–Crippen MR) is 162 cm³/mol. The summed E-state index contributed by atoms with van der Waals surface area (Å²) in [6.45, 7) is 8.53. The van der Waals surface area contributed by atoms with Crippen molar-refractivity contribution in [3.05, 3.63) is 35.7 Å². The second-order valence-electron chi connectivity index (χ2n) is 11.3. The highest BCUT2D eigenvalue weighted by molar-refractivity contribution is 7.99. The first-order valence-electron chi connectivity index (χ1n) is 14.7. The number of hydrogen-bond acceptors (Lipinski definition) is 7. The second kappa shape index (κ2) is 14.4. The topological polar surface area (TPSA) is 90.1 Å². The number of anilines is 2. The number of esters is 1. The van der Waals surface area contributed by atoms with E-state index in [1.165, 1.54) is 54.5 Å². The molecule has 0 spiro atoms. The lowest BCUT2D eigenvalue weighted by Crippen LogP contribution is -2.28. The molecule has 4 rings (SSSR count). The number of nitrogens with one attached hydrogen (secondary N) is 1.